The number of nitrogens with one attached hydrogen (secondary N) is 1. The molecule has 1 aromatic heterocycles. The third kappa shape index (κ3) is 1.87. The summed E-state index contributed by atoms with van der Waals surface area (Å²) in [6.45, 7) is 11.5. The Morgan fingerprint density at radius 3 is 2.53 bits per heavy atom. The predicted octanol–water partition coefficient (Wildman–Crippen LogP) is 4.33. The lowest BCUT2D eigenvalue weighted by atomic mass is 9.68. The smallest absolute Gasteiger partial charge is 0.0606 e. The Morgan fingerprint density at radius 2 is 1.95 bits per heavy atom. The summed E-state index contributed by atoms with van der Waals surface area (Å²) in [4.78, 5) is 4.59. The van der Waals surface area contributed by atoms with Gasteiger partial charge in [-0.2, -0.15) is 0 Å². The first kappa shape index (κ1) is 13.0. The summed E-state index contributed by atoms with van der Waals surface area (Å²) in [7, 11) is 0. The second-order valence-electron chi connectivity index (χ2n) is 7.58. The van der Waals surface area contributed by atoms with Gasteiger partial charge < -0.3 is 5.32 Å². The van der Waals surface area contributed by atoms with E-state index in [4.69, 9.17) is 0 Å². The fourth-order valence-corrected chi connectivity index (χ4v) is 4.66. The summed E-state index contributed by atoms with van der Waals surface area (Å²) in [6, 6.07) is 4.88. The van der Waals surface area contributed by atoms with Gasteiger partial charge in [-0.05, 0) is 62.0 Å². The molecule has 1 N–H and O–H groups in total. The summed E-state index contributed by atoms with van der Waals surface area (Å²) >= 11 is 0. The van der Waals surface area contributed by atoms with Crippen molar-refractivity contribution < 1.29 is 0 Å². The van der Waals surface area contributed by atoms with E-state index >= 15 is 0 Å². The number of aryl methyl sites for hydroxylation is 2. The third-order valence-electron chi connectivity index (χ3n) is 5.79. The van der Waals surface area contributed by atoms with Gasteiger partial charge in [-0.15, -0.1) is 0 Å². The lowest BCUT2D eigenvalue weighted by Crippen LogP contribution is -2.45. The molecule has 2 heteroatoms. The van der Waals surface area contributed by atoms with Gasteiger partial charge >= 0.3 is 0 Å². The normalized spacial score (nSPS) is 35.6. The van der Waals surface area contributed by atoms with Crippen LogP contribution in [0, 0.1) is 30.6 Å². The van der Waals surface area contributed by atoms with Crippen molar-refractivity contribution in [3.63, 3.8) is 0 Å². The van der Waals surface area contributed by atoms with Gasteiger partial charge in [0.1, 0.15) is 0 Å². The summed E-state index contributed by atoms with van der Waals surface area (Å²) in [5, 5.41) is 3.84. The highest BCUT2D eigenvalue weighted by Crippen LogP contribution is 2.63. The van der Waals surface area contributed by atoms with Crippen molar-refractivity contribution in [1.29, 1.82) is 0 Å². The van der Waals surface area contributed by atoms with Crippen molar-refractivity contribution in [2.45, 2.75) is 59.9 Å². The average Bonchev–Trinajstić information content (AvgIpc) is 2.78. The van der Waals surface area contributed by atoms with E-state index in [-0.39, 0.29) is 0 Å². The van der Waals surface area contributed by atoms with Crippen LogP contribution in [0.5, 0.6) is 0 Å². The maximum Gasteiger partial charge on any atom is 0.0606 e. The van der Waals surface area contributed by atoms with E-state index in [1.165, 1.54) is 24.9 Å². The van der Waals surface area contributed by atoms with Gasteiger partial charge in [0.15, 0.2) is 0 Å². The molecule has 2 aliphatic carbocycles. The summed E-state index contributed by atoms with van der Waals surface area (Å²) in [5.41, 5.74) is 4.30. The predicted molar refractivity (Wildman–Crippen MR) is 80.4 cm³/mol. The Bertz CT molecular complexity index is 501. The third-order valence-corrected chi connectivity index (χ3v) is 5.79. The molecular formula is C17H26N2. The number of rotatable bonds is 2. The molecule has 19 heavy (non-hydrogen) atoms. The molecule has 0 aliphatic heterocycles. The summed E-state index contributed by atoms with van der Waals surface area (Å²) < 4.78 is 0. The van der Waals surface area contributed by atoms with Crippen LogP contribution in [0.1, 0.15) is 51.4 Å². The van der Waals surface area contributed by atoms with E-state index < -0.39 is 0 Å². The molecule has 0 saturated heterocycles. The average molecular weight is 258 g/mol. The largest absolute Gasteiger partial charge is 0.380 e. The van der Waals surface area contributed by atoms with Gasteiger partial charge in [0.25, 0.3) is 0 Å². The molecular weight excluding hydrogens is 232 g/mol. The molecule has 2 bridgehead atoms. The molecule has 0 aromatic carbocycles. The van der Waals surface area contributed by atoms with Gasteiger partial charge in [-0.25, -0.2) is 0 Å². The molecule has 0 radical (unpaired) electrons. The standard InChI is InChI=1S/C17H26N2/c1-11-6-7-14(12(2)18-11)19-15-16(3,4)13-8-9-17(15,5)10-13/h6-7,13,15,19H,8-10H2,1-5H3. The van der Waals surface area contributed by atoms with Gasteiger partial charge in [0, 0.05) is 11.7 Å². The number of hydrogen-bond acceptors (Lipinski definition) is 2. The zero-order valence-electron chi connectivity index (χ0n) is 12.9. The highest BCUT2D eigenvalue weighted by molar-refractivity contribution is 5.50. The van der Waals surface area contributed by atoms with E-state index in [1.54, 1.807) is 0 Å². The fourth-order valence-electron chi connectivity index (χ4n) is 4.66. The lowest BCUT2D eigenvalue weighted by Gasteiger charge is -2.43. The molecule has 2 saturated carbocycles. The van der Waals surface area contributed by atoms with Crippen LogP contribution in [0.15, 0.2) is 12.1 Å². The van der Waals surface area contributed by atoms with Crippen molar-refractivity contribution in [3.05, 3.63) is 23.5 Å². The van der Waals surface area contributed by atoms with Crippen LogP contribution < -0.4 is 5.32 Å². The Hall–Kier alpha value is -1.05. The van der Waals surface area contributed by atoms with Crippen molar-refractivity contribution in [2.24, 2.45) is 16.7 Å². The van der Waals surface area contributed by atoms with Crippen molar-refractivity contribution in [2.75, 3.05) is 5.32 Å². The Balaban J connectivity index is 1.90. The van der Waals surface area contributed by atoms with Crippen molar-refractivity contribution >= 4 is 5.69 Å². The Labute approximate surface area is 117 Å². The Morgan fingerprint density at radius 1 is 1.21 bits per heavy atom. The molecule has 3 rings (SSSR count). The van der Waals surface area contributed by atoms with Crippen LogP contribution in [0.4, 0.5) is 5.69 Å². The van der Waals surface area contributed by atoms with Crippen LogP contribution in [-0.4, -0.2) is 11.0 Å². The van der Waals surface area contributed by atoms with Crippen molar-refractivity contribution in [1.82, 2.24) is 4.98 Å². The second-order valence-corrected chi connectivity index (χ2v) is 7.58. The van der Waals surface area contributed by atoms with Crippen LogP contribution in [0.2, 0.25) is 0 Å². The molecule has 104 valence electrons. The first-order valence-corrected chi connectivity index (χ1v) is 7.54. The SMILES string of the molecule is Cc1ccc(NC2C3(C)CCC(C3)C2(C)C)c(C)n1. The first-order valence-electron chi connectivity index (χ1n) is 7.54. The number of hydrogen-bond donors (Lipinski definition) is 1. The Kier molecular flexibility index (Phi) is 2.71. The molecule has 2 fully saturated rings. The van der Waals surface area contributed by atoms with E-state index in [0.717, 1.165) is 17.3 Å². The number of nitrogens with zero attached hydrogens (tertiary/aromatic N) is 1. The monoisotopic (exact) mass is 258 g/mol. The van der Waals surface area contributed by atoms with E-state index in [0.29, 0.717) is 16.9 Å². The minimum atomic E-state index is 0.393. The molecule has 0 amide bonds. The van der Waals surface area contributed by atoms with E-state index in [9.17, 15) is 0 Å². The number of fused-ring (bicyclic) bond motifs is 2. The molecule has 2 aliphatic rings. The van der Waals surface area contributed by atoms with Crippen LogP contribution >= 0.6 is 0 Å². The number of pyridine rings is 1. The molecule has 3 unspecified atom stereocenters. The zero-order valence-corrected chi connectivity index (χ0v) is 12.9. The van der Waals surface area contributed by atoms with Crippen LogP contribution in [0.25, 0.3) is 0 Å². The topological polar surface area (TPSA) is 24.9 Å². The number of aromatic nitrogens is 1. The summed E-state index contributed by atoms with van der Waals surface area (Å²) in [5.74, 6) is 0.883. The van der Waals surface area contributed by atoms with E-state index in [1.807, 2.05) is 0 Å². The molecule has 0 spiro atoms. The molecule has 2 nitrogen and oxygen atoms in total. The highest BCUT2D eigenvalue weighted by atomic mass is 15.0. The quantitative estimate of drug-likeness (QED) is 0.854. The lowest BCUT2D eigenvalue weighted by molar-refractivity contribution is 0.155. The number of anilines is 1. The van der Waals surface area contributed by atoms with Gasteiger partial charge in [0.2, 0.25) is 0 Å². The maximum atomic E-state index is 4.59. The molecule has 1 aromatic rings. The van der Waals surface area contributed by atoms with Gasteiger partial charge in [-0.1, -0.05) is 20.8 Å². The van der Waals surface area contributed by atoms with E-state index in [2.05, 4.69) is 57.1 Å². The first-order chi connectivity index (χ1) is 8.83. The molecule has 1 heterocycles. The highest BCUT2D eigenvalue weighted by Gasteiger charge is 2.59. The van der Waals surface area contributed by atoms with Crippen LogP contribution in [0.3, 0.4) is 0 Å². The zero-order chi connectivity index (χ0) is 13.8. The minimum absolute atomic E-state index is 0.393. The fraction of sp³-hybridized carbons (Fsp3) is 0.706. The second kappa shape index (κ2) is 3.97. The van der Waals surface area contributed by atoms with Crippen molar-refractivity contribution in [3.8, 4) is 0 Å². The summed E-state index contributed by atoms with van der Waals surface area (Å²) in [6.07, 6.45) is 4.17. The molecule has 3 atom stereocenters. The minimum Gasteiger partial charge on any atom is -0.380 e. The maximum absolute atomic E-state index is 4.59. The van der Waals surface area contributed by atoms with Crippen LogP contribution in [-0.2, 0) is 0 Å². The van der Waals surface area contributed by atoms with Gasteiger partial charge in [-0.3, -0.25) is 4.98 Å². The van der Waals surface area contributed by atoms with Gasteiger partial charge in [0.05, 0.1) is 11.4 Å².